The van der Waals surface area contributed by atoms with E-state index in [0.717, 1.165) is 29.5 Å². The number of hydrogen-bond acceptors (Lipinski definition) is 3. The first kappa shape index (κ1) is 19.2. The van der Waals surface area contributed by atoms with E-state index >= 15 is 0 Å². The van der Waals surface area contributed by atoms with E-state index in [1.54, 1.807) is 0 Å². The lowest BCUT2D eigenvalue weighted by atomic mass is 9.62. The van der Waals surface area contributed by atoms with Crippen molar-refractivity contribution < 1.29 is 19.8 Å². The molecule has 1 aliphatic rings. The highest BCUT2D eigenvalue weighted by Crippen LogP contribution is 2.51. The van der Waals surface area contributed by atoms with Crippen molar-refractivity contribution in [2.24, 2.45) is 0 Å². The number of rotatable bonds is 3. The topological polar surface area (TPSA) is 74.6 Å². The molecule has 0 bridgehead atoms. The summed E-state index contributed by atoms with van der Waals surface area (Å²) >= 11 is 0. The van der Waals surface area contributed by atoms with Gasteiger partial charge in [-0.3, -0.25) is 4.79 Å². The molecule has 2 aromatic rings. The smallest absolute Gasteiger partial charge is 0.335 e. The number of phenols is 1. The molecule has 0 unspecified atom stereocenters. The first-order valence-electron chi connectivity index (χ1n) is 9.21. The molecule has 0 amide bonds. The third kappa shape index (κ3) is 3.14. The Hall–Kier alpha value is -2.62. The molecular formula is C23H26O4. The van der Waals surface area contributed by atoms with Crippen molar-refractivity contribution >= 4 is 11.8 Å². The standard InChI is InChI=1S/C23H26O4/c1-13-12-16-18(23(4,5)11-10-22(16,2)3)20(25)17(13)19(24)14-6-8-15(9-7-14)21(26)27/h6-9,12,25H,10-11H2,1-5H3,(H,26,27). The summed E-state index contributed by atoms with van der Waals surface area (Å²) in [7, 11) is 0. The second kappa shape index (κ2) is 6.22. The lowest BCUT2D eigenvalue weighted by Crippen LogP contribution is -2.34. The molecule has 0 heterocycles. The largest absolute Gasteiger partial charge is 0.507 e. The van der Waals surface area contributed by atoms with Gasteiger partial charge in [-0.25, -0.2) is 4.79 Å². The summed E-state index contributed by atoms with van der Waals surface area (Å²) in [4.78, 5) is 24.1. The van der Waals surface area contributed by atoms with Gasteiger partial charge in [0, 0.05) is 11.1 Å². The van der Waals surface area contributed by atoms with Crippen LogP contribution in [0.4, 0.5) is 0 Å². The Morgan fingerprint density at radius 2 is 1.44 bits per heavy atom. The van der Waals surface area contributed by atoms with Crippen molar-refractivity contribution in [2.75, 3.05) is 0 Å². The van der Waals surface area contributed by atoms with Gasteiger partial charge in [0.2, 0.25) is 0 Å². The Kier molecular flexibility index (Phi) is 4.41. The van der Waals surface area contributed by atoms with Crippen LogP contribution >= 0.6 is 0 Å². The Bertz CT molecular complexity index is 934. The van der Waals surface area contributed by atoms with Crippen molar-refractivity contribution in [2.45, 2.75) is 58.3 Å². The molecule has 0 radical (unpaired) electrons. The summed E-state index contributed by atoms with van der Waals surface area (Å²) in [6, 6.07) is 7.86. The number of aromatic hydroxyl groups is 1. The molecule has 0 aromatic heterocycles. The fourth-order valence-electron chi connectivity index (χ4n) is 4.10. The molecule has 0 aliphatic heterocycles. The molecule has 142 valence electrons. The highest BCUT2D eigenvalue weighted by Gasteiger charge is 2.40. The third-order valence-corrected chi connectivity index (χ3v) is 5.90. The van der Waals surface area contributed by atoms with Gasteiger partial charge in [0.05, 0.1) is 11.1 Å². The predicted molar refractivity (Wildman–Crippen MR) is 105 cm³/mol. The molecule has 1 aliphatic carbocycles. The van der Waals surface area contributed by atoms with Crippen LogP contribution in [0.25, 0.3) is 0 Å². The minimum atomic E-state index is -1.04. The summed E-state index contributed by atoms with van der Waals surface area (Å²) in [5.41, 5.74) is 3.23. The number of carboxylic acids is 1. The van der Waals surface area contributed by atoms with E-state index in [9.17, 15) is 14.7 Å². The number of hydrogen-bond donors (Lipinski definition) is 2. The van der Waals surface area contributed by atoms with E-state index in [2.05, 4.69) is 27.7 Å². The first-order chi connectivity index (χ1) is 12.5. The number of phenolic OH excluding ortho intramolecular Hbond substituents is 1. The monoisotopic (exact) mass is 366 g/mol. The van der Waals surface area contributed by atoms with Gasteiger partial charge in [0.15, 0.2) is 5.78 Å². The number of benzene rings is 2. The van der Waals surface area contributed by atoms with Gasteiger partial charge in [-0.1, -0.05) is 45.9 Å². The highest BCUT2D eigenvalue weighted by atomic mass is 16.4. The molecule has 27 heavy (non-hydrogen) atoms. The maximum atomic E-state index is 13.1. The van der Waals surface area contributed by atoms with E-state index in [4.69, 9.17) is 5.11 Å². The zero-order valence-electron chi connectivity index (χ0n) is 16.5. The summed E-state index contributed by atoms with van der Waals surface area (Å²) in [5.74, 6) is -1.26. The minimum absolute atomic E-state index is 0.0577. The normalized spacial score (nSPS) is 17.2. The molecule has 0 atom stereocenters. The number of aryl methyl sites for hydroxylation is 1. The number of carbonyl (C=O) groups excluding carboxylic acids is 1. The van der Waals surface area contributed by atoms with Crippen molar-refractivity contribution in [1.82, 2.24) is 0 Å². The fraction of sp³-hybridized carbons (Fsp3) is 0.391. The van der Waals surface area contributed by atoms with Gasteiger partial charge in [0.25, 0.3) is 0 Å². The maximum Gasteiger partial charge on any atom is 0.335 e. The number of ketones is 1. The Morgan fingerprint density at radius 1 is 0.926 bits per heavy atom. The predicted octanol–water partition coefficient (Wildman–Crippen LogP) is 4.98. The van der Waals surface area contributed by atoms with E-state index < -0.39 is 5.97 Å². The molecule has 0 saturated heterocycles. The zero-order valence-corrected chi connectivity index (χ0v) is 16.5. The minimum Gasteiger partial charge on any atom is -0.507 e. The average Bonchev–Trinajstić information content (AvgIpc) is 2.58. The Balaban J connectivity index is 2.17. The van der Waals surface area contributed by atoms with Crippen LogP contribution in [-0.4, -0.2) is 22.0 Å². The SMILES string of the molecule is Cc1cc2c(c(O)c1C(=O)c1ccc(C(=O)O)cc1)C(C)(C)CCC2(C)C. The van der Waals surface area contributed by atoms with E-state index in [0.29, 0.717) is 11.1 Å². The highest BCUT2D eigenvalue weighted by molar-refractivity contribution is 6.12. The summed E-state index contributed by atoms with van der Waals surface area (Å²) in [6.45, 7) is 10.4. The molecule has 2 aromatic carbocycles. The number of carbonyl (C=O) groups is 2. The quantitative estimate of drug-likeness (QED) is 0.751. The van der Waals surface area contributed by atoms with E-state index in [-0.39, 0.29) is 27.9 Å². The maximum absolute atomic E-state index is 13.1. The second-order valence-electron chi connectivity index (χ2n) is 8.82. The Labute approximate surface area is 159 Å². The summed E-state index contributed by atoms with van der Waals surface area (Å²) in [6.07, 6.45) is 1.96. The molecule has 0 spiro atoms. The lowest BCUT2D eigenvalue weighted by Gasteiger charge is -2.42. The number of aromatic carboxylic acids is 1. The molecule has 4 nitrogen and oxygen atoms in total. The number of carboxylic acid groups (broad SMARTS) is 1. The number of fused-ring (bicyclic) bond motifs is 1. The lowest BCUT2D eigenvalue weighted by molar-refractivity contribution is 0.0696. The van der Waals surface area contributed by atoms with Crippen LogP contribution < -0.4 is 0 Å². The molecule has 4 heteroatoms. The first-order valence-corrected chi connectivity index (χ1v) is 9.21. The van der Waals surface area contributed by atoms with E-state index in [1.165, 1.54) is 24.3 Å². The van der Waals surface area contributed by atoms with Crippen LogP contribution in [0.2, 0.25) is 0 Å². The van der Waals surface area contributed by atoms with Crippen LogP contribution in [0.5, 0.6) is 5.75 Å². The molecule has 0 fully saturated rings. The summed E-state index contributed by atoms with van der Waals surface area (Å²) < 4.78 is 0. The average molecular weight is 366 g/mol. The molecule has 0 saturated carbocycles. The summed E-state index contributed by atoms with van der Waals surface area (Å²) in [5, 5.41) is 20.2. The zero-order chi connectivity index (χ0) is 20.1. The van der Waals surface area contributed by atoms with Gasteiger partial charge in [-0.05, 0) is 53.9 Å². The molecule has 2 N–H and O–H groups in total. The van der Waals surface area contributed by atoms with Crippen molar-refractivity contribution in [3.63, 3.8) is 0 Å². The molecular weight excluding hydrogens is 340 g/mol. The van der Waals surface area contributed by atoms with Crippen LogP contribution in [0.1, 0.15) is 83.5 Å². The van der Waals surface area contributed by atoms with Crippen molar-refractivity contribution in [1.29, 1.82) is 0 Å². The van der Waals surface area contributed by atoms with Gasteiger partial charge < -0.3 is 10.2 Å². The fourth-order valence-corrected chi connectivity index (χ4v) is 4.10. The molecule has 3 rings (SSSR count). The van der Waals surface area contributed by atoms with Gasteiger partial charge in [-0.15, -0.1) is 0 Å². The van der Waals surface area contributed by atoms with Crippen LogP contribution in [0.3, 0.4) is 0 Å². The van der Waals surface area contributed by atoms with Gasteiger partial charge >= 0.3 is 5.97 Å². The van der Waals surface area contributed by atoms with Crippen LogP contribution in [0, 0.1) is 6.92 Å². The second-order valence-corrected chi connectivity index (χ2v) is 8.82. The Morgan fingerprint density at radius 3 is 2.00 bits per heavy atom. The van der Waals surface area contributed by atoms with E-state index in [1.807, 2.05) is 13.0 Å². The van der Waals surface area contributed by atoms with Crippen molar-refractivity contribution in [3.05, 3.63) is 63.7 Å². The van der Waals surface area contributed by atoms with Crippen molar-refractivity contribution in [3.8, 4) is 5.75 Å². The van der Waals surface area contributed by atoms with Gasteiger partial charge in [0.1, 0.15) is 5.75 Å². The third-order valence-electron chi connectivity index (χ3n) is 5.90. The van der Waals surface area contributed by atoms with Gasteiger partial charge in [-0.2, -0.15) is 0 Å². The van der Waals surface area contributed by atoms with Crippen LogP contribution in [0.15, 0.2) is 30.3 Å². The van der Waals surface area contributed by atoms with Crippen LogP contribution in [-0.2, 0) is 10.8 Å².